The molecule has 0 bridgehead atoms. The third-order valence-corrected chi connectivity index (χ3v) is 7.69. The van der Waals surface area contributed by atoms with E-state index in [1.54, 1.807) is 0 Å². The lowest BCUT2D eigenvalue weighted by molar-refractivity contribution is 0.479. The van der Waals surface area contributed by atoms with Crippen molar-refractivity contribution in [2.45, 2.75) is 52.4 Å². The minimum absolute atomic E-state index is 0.0288. The summed E-state index contributed by atoms with van der Waals surface area (Å²) in [6.45, 7) is 13.4. The molecule has 2 aromatic heterocycles. The van der Waals surface area contributed by atoms with Crippen molar-refractivity contribution < 1.29 is 4.74 Å². The van der Waals surface area contributed by atoms with Crippen LogP contribution in [0, 0.1) is 0 Å². The molecular formula is C38H36N2O. The van der Waals surface area contributed by atoms with E-state index in [-0.39, 0.29) is 10.8 Å². The highest BCUT2D eigenvalue weighted by Gasteiger charge is 2.19. The topological polar surface area (TPSA) is 35.0 Å². The normalized spacial score (nSPS) is 12.1. The summed E-state index contributed by atoms with van der Waals surface area (Å²) in [6, 6.07) is 34.0. The molecule has 0 saturated carbocycles. The molecule has 0 atom stereocenters. The number of fused-ring (bicyclic) bond motifs is 2. The predicted octanol–water partition coefficient (Wildman–Crippen LogP) is 10.5. The van der Waals surface area contributed by atoms with E-state index in [9.17, 15) is 0 Å². The molecule has 204 valence electrons. The van der Waals surface area contributed by atoms with E-state index >= 15 is 0 Å². The van der Waals surface area contributed by atoms with Gasteiger partial charge in [-0.3, -0.25) is 9.97 Å². The first kappa shape index (κ1) is 26.7. The maximum absolute atomic E-state index is 6.70. The van der Waals surface area contributed by atoms with E-state index in [0.717, 1.165) is 50.2 Å². The Labute approximate surface area is 242 Å². The van der Waals surface area contributed by atoms with E-state index in [1.807, 2.05) is 12.4 Å². The number of nitrogens with zero attached hydrogens (tertiary/aromatic N) is 2. The summed E-state index contributed by atoms with van der Waals surface area (Å²) in [4.78, 5) is 9.59. The maximum Gasteiger partial charge on any atom is 0.128 e. The zero-order chi connectivity index (χ0) is 28.8. The Morgan fingerprint density at radius 1 is 0.537 bits per heavy atom. The second-order valence-electron chi connectivity index (χ2n) is 12.9. The standard InChI is InChI=1S/C38H36N2O/c1-37(2,3)28-16-18-39-35(23-28)34-24-31(20-26-12-8-9-13-32(26)34)41-30-21-27(19-29(22-30)38(4,5)6)36-33-14-10-7-11-25(33)15-17-40-36/h7-24H,1-6H3. The molecule has 0 aliphatic carbocycles. The lowest BCUT2D eigenvalue weighted by Gasteiger charge is -2.22. The number of hydrogen-bond donors (Lipinski definition) is 0. The molecule has 3 nitrogen and oxygen atoms in total. The van der Waals surface area contributed by atoms with Crippen molar-refractivity contribution in [3.63, 3.8) is 0 Å². The van der Waals surface area contributed by atoms with Gasteiger partial charge in [0.25, 0.3) is 0 Å². The Morgan fingerprint density at radius 2 is 1.20 bits per heavy atom. The van der Waals surface area contributed by atoms with E-state index in [4.69, 9.17) is 14.7 Å². The molecule has 0 unspecified atom stereocenters. The van der Waals surface area contributed by atoms with Crippen LogP contribution in [0.1, 0.15) is 52.7 Å². The summed E-state index contributed by atoms with van der Waals surface area (Å²) in [5, 5.41) is 4.57. The number of ether oxygens (including phenoxy) is 1. The van der Waals surface area contributed by atoms with Gasteiger partial charge in [0, 0.05) is 28.9 Å². The van der Waals surface area contributed by atoms with E-state index in [2.05, 4.69) is 139 Å². The van der Waals surface area contributed by atoms with Gasteiger partial charge >= 0.3 is 0 Å². The van der Waals surface area contributed by atoms with E-state index in [1.165, 1.54) is 16.5 Å². The number of pyridine rings is 2. The summed E-state index contributed by atoms with van der Waals surface area (Å²) in [6.07, 6.45) is 3.80. The van der Waals surface area contributed by atoms with Crippen molar-refractivity contribution in [1.29, 1.82) is 0 Å². The molecule has 41 heavy (non-hydrogen) atoms. The van der Waals surface area contributed by atoms with Crippen LogP contribution in [0.2, 0.25) is 0 Å². The molecule has 0 fully saturated rings. The number of hydrogen-bond acceptors (Lipinski definition) is 3. The summed E-state index contributed by atoms with van der Waals surface area (Å²) in [5.41, 5.74) is 6.43. The smallest absolute Gasteiger partial charge is 0.128 e. The summed E-state index contributed by atoms with van der Waals surface area (Å²) in [7, 11) is 0. The van der Waals surface area contributed by atoms with Gasteiger partial charge < -0.3 is 4.74 Å². The van der Waals surface area contributed by atoms with E-state index in [0.29, 0.717) is 0 Å². The van der Waals surface area contributed by atoms with Gasteiger partial charge in [0.1, 0.15) is 11.5 Å². The second kappa shape index (κ2) is 10.2. The third-order valence-electron chi connectivity index (χ3n) is 7.69. The van der Waals surface area contributed by atoms with Crippen LogP contribution in [0.15, 0.2) is 109 Å². The first-order valence-electron chi connectivity index (χ1n) is 14.2. The van der Waals surface area contributed by atoms with E-state index < -0.39 is 0 Å². The molecule has 0 aliphatic heterocycles. The van der Waals surface area contributed by atoms with Crippen LogP contribution in [0.5, 0.6) is 11.5 Å². The highest BCUT2D eigenvalue weighted by atomic mass is 16.5. The van der Waals surface area contributed by atoms with Crippen LogP contribution in [0.3, 0.4) is 0 Å². The molecule has 0 N–H and O–H groups in total. The van der Waals surface area contributed by atoms with Gasteiger partial charge in [-0.25, -0.2) is 0 Å². The van der Waals surface area contributed by atoms with Crippen molar-refractivity contribution in [2.24, 2.45) is 0 Å². The zero-order valence-electron chi connectivity index (χ0n) is 24.7. The zero-order valence-corrected chi connectivity index (χ0v) is 24.7. The molecule has 6 aromatic rings. The highest BCUT2D eigenvalue weighted by Crippen LogP contribution is 2.39. The second-order valence-corrected chi connectivity index (χ2v) is 12.9. The van der Waals surface area contributed by atoms with Crippen molar-refractivity contribution in [3.8, 4) is 34.0 Å². The van der Waals surface area contributed by atoms with Gasteiger partial charge in [0.15, 0.2) is 0 Å². The molecule has 0 radical (unpaired) electrons. The van der Waals surface area contributed by atoms with Crippen LogP contribution in [-0.2, 0) is 10.8 Å². The van der Waals surface area contributed by atoms with Crippen LogP contribution in [0.4, 0.5) is 0 Å². The largest absolute Gasteiger partial charge is 0.457 e. The van der Waals surface area contributed by atoms with Gasteiger partial charge in [0.2, 0.25) is 0 Å². The van der Waals surface area contributed by atoms with Gasteiger partial charge in [0.05, 0.1) is 11.4 Å². The third kappa shape index (κ3) is 5.45. The Kier molecular flexibility index (Phi) is 6.62. The summed E-state index contributed by atoms with van der Waals surface area (Å²) < 4.78 is 6.70. The van der Waals surface area contributed by atoms with Crippen molar-refractivity contribution >= 4 is 21.5 Å². The molecule has 3 heteroatoms. The number of aromatic nitrogens is 2. The maximum atomic E-state index is 6.70. The summed E-state index contributed by atoms with van der Waals surface area (Å²) in [5.74, 6) is 1.57. The SMILES string of the molecule is CC(C)(C)c1cc(Oc2cc(-c3cc(C(C)(C)C)ccn3)c3ccccc3c2)cc(-c2nccc3ccccc23)c1. The van der Waals surface area contributed by atoms with Crippen LogP contribution in [0.25, 0.3) is 44.1 Å². The Morgan fingerprint density at radius 3 is 1.95 bits per heavy atom. The molecular weight excluding hydrogens is 500 g/mol. The van der Waals surface area contributed by atoms with Gasteiger partial charge in [-0.15, -0.1) is 0 Å². The predicted molar refractivity (Wildman–Crippen MR) is 172 cm³/mol. The minimum Gasteiger partial charge on any atom is -0.457 e. The lowest BCUT2D eigenvalue weighted by Crippen LogP contribution is -2.11. The highest BCUT2D eigenvalue weighted by molar-refractivity contribution is 5.97. The Balaban J connectivity index is 1.49. The van der Waals surface area contributed by atoms with Crippen LogP contribution in [-0.4, -0.2) is 9.97 Å². The first-order chi connectivity index (χ1) is 19.6. The molecule has 0 amide bonds. The average Bonchev–Trinajstić information content (AvgIpc) is 2.95. The van der Waals surface area contributed by atoms with Crippen molar-refractivity contribution in [3.05, 3.63) is 121 Å². The fourth-order valence-corrected chi connectivity index (χ4v) is 5.31. The lowest BCUT2D eigenvalue weighted by atomic mass is 9.85. The quantitative estimate of drug-likeness (QED) is 0.225. The fraction of sp³-hybridized carbons (Fsp3) is 0.211. The van der Waals surface area contributed by atoms with Crippen molar-refractivity contribution in [2.75, 3.05) is 0 Å². The molecule has 0 saturated heterocycles. The Hall–Kier alpha value is -4.50. The van der Waals surface area contributed by atoms with Crippen LogP contribution >= 0.6 is 0 Å². The average molecular weight is 537 g/mol. The number of benzene rings is 4. The molecule has 0 spiro atoms. The fourth-order valence-electron chi connectivity index (χ4n) is 5.31. The van der Waals surface area contributed by atoms with Gasteiger partial charge in [-0.05, 0) is 86.6 Å². The minimum atomic E-state index is -0.0649. The molecule has 4 aromatic carbocycles. The number of rotatable bonds is 4. The summed E-state index contributed by atoms with van der Waals surface area (Å²) >= 11 is 0. The molecule has 6 rings (SSSR count). The van der Waals surface area contributed by atoms with Crippen molar-refractivity contribution in [1.82, 2.24) is 9.97 Å². The van der Waals surface area contributed by atoms with Gasteiger partial charge in [-0.2, -0.15) is 0 Å². The van der Waals surface area contributed by atoms with Crippen LogP contribution < -0.4 is 4.74 Å². The molecule has 2 heterocycles. The Bertz CT molecular complexity index is 1880. The molecule has 0 aliphatic rings. The monoisotopic (exact) mass is 536 g/mol. The van der Waals surface area contributed by atoms with Gasteiger partial charge in [-0.1, -0.05) is 90.1 Å². The first-order valence-corrected chi connectivity index (χ1v) is 14.2.